The Morgan fingerprint density at radius 1 is 1.07 bits per heavy atom. The van der Waals surface area contributed by atoms with E-state index in [-0.39, 0.29) is 17.2 Å². The van der Waals surface area contributed by atoms with E-state index in [4.69, 9.17) is 0 Å². The van der Waals surface area contributed by atoms with Gasteiger partial charge in [0, 0.05) is 18.0 Å². The van der Waals surface area contributed by atoms with Gasteiger partial charge in [0.05, 0.1) is 5.39 Å². The summed E-state index contributed by atoms with van der Waals surface area (Å²) in [5.41, 5.74) is 5.90. The van der Waals surface area contributed by atoms with Crippen molar-refractivity contribution in [1.29, 1.82) is 0 Å². The highest BCUT2D eigenvalue weighted by molar-refractivity contribution is 6.05. The highest BCUT2D eigenvalue weighted by Gasteiger charge is 2.17. The van der Waals surface area contributed by atoms with Crippen molar-refractivity contribution in [2.45, 2.75) is 64.8 Å². The number of carbonyl (C=O) groups excluding carboxylic acids is 2. The van der Waals surface area contributed by atoms with Crippen molar-refractivity contribution in [1.82, 2.24) is 20.6 Å². The monoisotopic (exact) mass is 396 g/mol. The summed E-state index contributed by atoms with van der Waals surface area (Å²) in [7, 11) is 0. The number of benzene rings is 1. The molecule has 7 heteroatoms. The smallest absolute Gasteiger partial charge is 0.268 e. The van der Waals surface area contributed by atoms with E-state index in [2.05, 4.69) is 22.9 Å². The first-order chi connectivity index (χ1) is 14.1. The maximum Gasteiger partial charge on any atom is 0.290 e. The second kappa shape index (κ2) is 10.0. The molecule has 0 atom stereocenters. The van der Waals surface area contributed by atoms with Crippen LogP contribution in [0.4, 0.5) is 0 Å². The molecule has 29 heavy (non-hydrogen) atoms. The molecular weight excluding hydrogens is 368 g/mol. The van der Waals surface area contributed by atoms with Crippen LogP contribution in [-0.2, 0) is 11.3 Å². The lowest BCUT2D eigenvalue weighted by Gasteiger charge is -2.14. The predicted molar refractivity (Wildman–Crippen MR) is 112 cm³/mol. The van der Waals surface area contributed by atoms with E-state index in [1.165, 1.54) is 11.1 Å². The summed E-state index contributed by atoms with van der Waals surface area (Å²) in [5, 5.41) is 5.21. The Labute approximate surface area is 170 Å². The Bertz CT molecular complexity index is 970. The number of aromatic nitrogens is 2. The number of aryl methyl sites for hydroxylation is 1. The molecule has 3 rings (SSSR count). The summed E-state index contributed by atoms with van der Waals surface area (Å²) in [6.07, 6.45) is 9.63. The number of amides is 2. The molecule has 1 heterocycles. The summed E-state index contributed by atoms with van der Waals surface area (Å²) in [6.45, 7) is 2.54. The van der Waals surface area contributed by atoms with Gasteiger partial charge >= 0.3 is 0 Å². The second-order valence-electron chi connectivity index (χ2n) is 7.44. The third-order valence-electron chi connectivity index (χ3n) is 5.19. The Hall–Kier alpha value is -2.96. The molecule has 0 unspecified atom stereocenters. The first-order valence-corrected chi connectivity index (χ1v) is 10.4. The molecule has 1 aliphatic rings. The van der Waals surface area contributed by atoms with Gasteiger partial charge < -0.3 is 0 Å². The van der Waals surface area contributed by atoms with Gasteiger partial charge in [-0.05, 0) is 38.2 Å². The van der Waals surface area contributed by atoms with Crippen molar-refractivity contribution in [2.24, 2.45) is 0 Å². The zero-order chi connectivity index (χ0) is 20.6. The molecule has 2 aromatic rings. The normalized spacial score (nSPS) is 13.9. The van der Waals surface area contributed by atoms with E-state index < -0.39 is 5.91 Å². The van der Waals surface area contributed by atoms with Gasteiger partial charge in [0.1, 0.15) is 0 Å². The number of hydrazine groups is 1. The van der Waals surface area contributed by atoms with E-state index in [0.29, 0.717) is 17.3 Å². The van der Waals surface area contributed by atoms with Crippen LogP contribution in [0.3, 0.4) is 0 Å². The molecule has 0 bridgehead atoms. The quantitative estimate of drug-likeness (QED) is 0.445. The minimum atomic E-state index is -0.541. The number of nitrogens with zero attached hydrogens (tertiary/aromatic N) is 2. The van der Waals surface area contributed by atoms with Crippen LogP contribution in [-0.4, -0.2) is 21.6 Å². The third-order valence-corrected chi connectivity index (χ3v) is 5.19. The molecule has 0 saturated heterocycles. The molecule has 2 amide bonds. The minimum Gasteiger partial charge on any atom is -0.268 e. The van der Waals surface area contributed by atoms with Crippen LogP contribution in [0.25, 0.3) is 10.8 Å². The van der Waals surface area contributed by atoms with Gasteiger partial charge in [-0.25, -0.2) is 4.68 Å². The molecule has 1 aromatic carbocycles. The summed E-state index contributed by atoms with van der Waals surface area (Å²) in [6, 6.07) is 6.91. The first-order valence-electron chi connectivity index (χ1n) is 10.4. The predicted octanol–water partition coefficient (Wildman–Crippen LogP) is 3.24. The zero-order valence-electron chi connectivity index (χ0n) is 16.9. The van der Waals surface area contributed by atoms with Crippen LogP contribution >= 0.6 is 0 Å². The summed E-state index contributed by atoms with van der Waals surface area (Å²) < 4.78 is 1.35. The number of nitrogens with one attached hydrogen (secondary N) is 2. The van der Waals surface area contributed by atoms with Crippen LogP contribution in [0.1, 0.15) is 68.8 Å². The summed E-state index contributed by atoms with van der Waals surface area (Å²) in [4.78, 5) is 37.5. The lowest BCUT2D eigenvalue weighted by Crippen LogP contribution is -2.42. The van der Waals surface area contributed by atoms with Crippen molar-refractivity contribution in [2.75, 3.05) is 0 Å². The average molecular weight is 396 g/mol. The fourth-order valence-electron chi connectivity index (χ4n) is 3.62. The lowest BCUT2D eigenvalue weighted by atomic mass is 9.95. The van der Waals surface area contributed by atoms with Crippen molar-refractivity contribution in [3.63, 3.8) is 0 Å². The molecule has 0 aliphatic heterocycles. The van der Waals surface area contributed by atoms with Crippen molar-refractivity contribution < 1.29 is 9.59 Å². The Morgan fingerprint density at radius 2 is 1.79 bits per heavy atom. The van der Waals surface area contributed by atoms with Gasteiger partial charge in [0.15, 0.2) is 5.69 Å². The van der Waals surface area contributed by atoms with Crippen LogP contribution in [0, 0.1) is 0 Å². The number of allylic oxidation sites excluding steroid dienone is 1. The Balaban J connectivity index is 1.78. The lowest BCUT2D eigenvalue weighted by molar-refractivity contribution is -0.117. The maximum absolute atomic E-state index is 12.7. The van der Waals surface area contributed by atoms with Crippen molar-refractivity contribution in [3.05, 3.63) is 52.0 Å². The SMILES string of the molecule is CCCCCn1nc(C(=O)NNC(=O)C=C2CCCCC2)c2ccccc2c1=O. The van der Waals surface area contributed by atoms with Gasteiger partial charge in [0.25, 0.3) is 17.4 Å². The topological polar surface area (TPSA) is 93.1 Å². The third kappa shape index (κ3) is 5.31. The number of fused-ring (bicyclic) bond motifs is 1. The molecule has 7 nitrogen and oxygen atoms in total. The van der Waals surface area contributed by atoms with Gasteiger partial charge in [-0.15, -0.1) is 0 Å². The molecule has 0 spiro atoms. The largest absolute Gasteiger partial charge is 0.290 e. The number of rotatable bonds is 6. The number of unbranched alkanes of at least 4 members (excludes halogenated alkanes) is 2. The fourth-order valence-corrected chi connectivity index (χ4v) is 3.62. The highest BCUT2D eigenvalue weighted by Crippen LogP contribution is 2.22. The van der Waals surface area contributed by atoms with E-state index in [0.717, 1.165) is 50.5 Å². The summed E-state index contributed by atoms with van der Waals surface area (Å²) in [5.74, 6) is -0.892. The van der Waals surface area contributed by atoms with E-state index in [9.17, 15) is 14.4 Å². The van der Waals surface area contributed by atoms with Gasteiger partial charge in [-0.2, -0.15) is 5.10 Å². The molecule has 1 aliphatic carbocycles. The van der Waals surface area contributed by atoms with Gasteiger partial charge in [-0.3, -0.25) is 25.2 Å². The molecule has 154 valence electrons. The Kier molecular flexibility index (Phi) is 7.16. The van der Waals surface area contributed by atoms with Crippen molar-refractivity contribution in [3.8, 4) is 0 Å². The molecule has 1 aromatic heterocycles. The number of hydrogen-bond donors (Lipinski definition) is 2. The van der Waals surface area contributed by atoms with E-state index >= 15 is 0 Å². The van der Waals surface area contributed by atoms with E-state index in [1.807, 2.05) is 0 Å². The second-order valence-corrected chi connectivity index (χ2v) is 7.44. The van der Waals surface area contributed by atoms with Crippen LogP contribution in [0.5, 0.6) is 0 Å². The zero-order valence-corrected chi connectivity index (χ0v) is 16.9. The van der Waals surface area contributed by atoms with Crippen LogP contribution < -0.4 is 16.4 Å². The number of hydrogen-bond acceptors (Lipinski definition) is 4. The van der Waals surface area contributed by atoms with E-state index in [1.54, 1.807) is 30.3 Å². The average Bonchev–Trinajstić information content (AvgIpc) is 2.74. The highest BCUT2D eigenvalue weighted by atomic mass is 16.2. The van der Waals surface area contributed by atoms with Crippen LogP contribution in [0.15, 0.2) is 40.7 Å². The molecule has 0 radical (unpaired) electrons. The van der Waals surface area contributed by atoms with Gasteiger partial charge in [0.2, 0.25) is 0 Å². The number of carbonyl (C=O) groups is 2. The van der Waals surface area contributed by atoms with Crippen molar-refractivity contribution >= 4 is 22.6 Å². The standard InChI is InChI=1S/C22H28N4O3/c1-2-3-9-14-26-22(29)18-13-8-7-12-17(18)20(25-26)21(28)24-23-19(27)15-16-10-5-4-6-11-16/h7-8,12-13,15H,2-6,9-11,14H2,1H3,(H,23,27)(H,24,28). The molecule has 2 N–H and O–H groups in total. The Morgan fingerprint density at radius 3 is 2.52 bits per heavy atom. The first kappa shape index (κ1) is 20.8. The van der Waals surface area contributed by atoms with Crippen LogP contribution in [0.2, 0.25) is 0 Å². The molecule has 1 fully saturated rings. The molecule has 1 saturated carbocycles. The summed E-state index contributed by atoms with van der Waals surface area (Å²) >= 11 is 0. The molecular formula is C22H28N4O3. The minimum absolute atomic E-state index is 0.127. The van der Waals surface area contributed by atoms with Gasteiger partial charge in [-0.1, -0.05) is 50.0 Å². The maximum atomic E-state index is 12.7. The fraction of sp³-hybridized carbons (Fsp3) is 0.455.